The van der Waals surface area contributed by atoms with E-state index in [0.29, 0.717) is 28.2 Å². The highest BCUT2D eigenvalue weighted by atomic mass is 35.5. The number of para-hydroxylation sites is 1. The van der Waals surface area contributed by atoms with Crippen LogP contribution in [0.25, 0.3) is 11.4 Å². The number of allylic oxidation sites excluding steroid dienone is 1. The fourth-order valence-electron chi connectivity index (χ4n) is 2.80. The molecule has 0 radical (unpaired) electrons. The Labute approximate surface area is 189 Å². The van der Waals surface area contributed by atoms with Crippen LogP contribution in [0.5, 0.6) is 0 Å². The van der Waals surface area contributed by atoms with Gasteiger partial charge in [0.15, 0.2) is 11.0 Å². The van der Waals surface area contributed by atoms with E-state index in [0.717, 1.165) is 11.3 Å². The van der Waals surface area contributed by atoms with Gasteiger partial charge in [-0.1, -0.05) is 41.6 Å². The summed E-state index contributed by atoms with van der Waals surface area (Å²) in [6, 6.07) is 8.75. The van der Waals surface area contributed by atoms with Crippen LogP contribution in [-0.4, -0.2) is 50.8 Å². The fraction of sp³-hybridized carbons (Fsp3) is 0.238. The molecule has 0 aliphatic carbocycles. The molecule has 2 heterocycles. The van der Waals surface area contributed by atoms with Gasteiger partial charge in [0.25, 0.3) is 0 Å². The van der Waals surface area contributed by atoms with Gasteiger partial charge in [-0.2, -0.15) is 0 Å². The van der Waals surface area contributed by atoms with Crippen molar-refractivity contribution in [2.24, 2.45) is 0 Å². The number of rotatable bonds is 9. The second-order valence-corrected chi connectivity index (χ2v) is 8.01. The van der Waals surface area contributed by atoms with Crippen LogP contribution in [0, 0.1) is 6.92 Å². The van der Waals surface area contributed by atoms with Crippen molar-refractivity contribution in [2.45, 2.75) is 18.6 Å². The van der Waals surface area contributed by atoms with Gasteiger partial charge in [0, 0.05) is 13.6 Å². The predicted molar refractivity (Wildman–Crippen MR) is 121 cm³/mol. The minimum atomic E-state index is -0.332. The van der Waals surface area contributed by atoms with Gasteiger partial charge in [0.1, 0.15) is 5.76 Å². The van der Waals surface area contributed by atoms with Crippen molar-refractivity contribution in [3.63, 3.8) is 0 Å². The van der Waals surface area contributed by atoms with E-state index in [1.807, 2.05) is 17.6 Å². The lowest BCUT2D eigenvalue weighted by molar-refractivity contribution is -0.131. The average molecular weight is 460 g/mol. The number of amides is 2. The van der Waals surface area contributed by atoms with E-state index in [4.69, 9.17) is 16.0 Å². The number of halogens is 1. The molecule has 8 nitrogen and oxygen atoms in total. The van der Waals surface area contributed by atoms with Crippen molar-refractivity contribution in [1.82, 2.24) is 19.7 Å². The van der Waals surface area contributed by atoms with Gasteiger partial charge in [0.05, 0.1) is 34.8 Å². The van der Waals surface area contributed by atoms with Gasteiger partial charge < -0.3 is 14.6 Å². The second kappa shape index (κ2) is 10.3. The Balaban J connectivity index is 1.60. The first kappa shape index (κ1) is 22.6. The lowest BCUT2D eigenvalue weighted by atomic mass is 10.2. The Morgan fingerprint density at radius 2 is 2.10 bits per heavy atom. The van der Waals surface area contributed by atoms with Crippen molar-refractivity contribution in [3.8, 4) is 11.4 Å². The number of nitrogens with zero attached hydrogens (tertiary/aromatic N) is 4. The highest BCUT2D eigenvalue weighted by Gasteiger charge is 2.19. The summed E-state index contributed by atoms with van der Waals surface area (Å²) in [7, 11) is 1.57. The van der Waals surface area contributed by atoms with Crippen LogP contribution < -0.4 is 5.32 Å². The molecular weight excluding hydrogens is 438 g/mol. The molecule has 0 fully saturated rings. The molecule has 31 heavy (non-hydrogen) atoms. The molecule has 2 amide bonds. The first-order valence-electron chi connectivity index (χ1n) is 9.40. The third-order valence-electron chi connectivity index (χ3n) is 4.41. The van der Waals surface area contributed by atoms with E-state index in [1.54, 1.807) is 43.7 Å². The van der Waals surface area contributed by atoms with E-state index >= 15 is 0 Å². The van der Waals surface area contributed by atoms with Gasteiger partial charge in [-0.25, -0.2) is 0 Å². The second-order valence-electron chi connectivity index (χ2n) is 6.66. The van der Waals surface area contributed by atoms with E-state index < -0.39 is 0 Å². The van der Waals surface area contributed by atoms with Gasteiger partial charge in [-0.05, 0) is 25.1 Å². The molecule has 0 spiro atoms. The number of nitrogens with one attached hydrogen (secondary N) is 1. The molecule has 3 rings (SSSR count). The zero-order valence-corrected chi connectivity index (χ0v) is 18.7. The predicted octanol–water partition coefficient (Wildman–Crippen LogP) is 3.88. The molecule has 0 saturated heterocycles. The number of carbonyl (C=O) groups excluding carboxylic acids is 2. The summed E-state index contributed by atoms with van der Waals surface area (Å²) in [5.41, 5.74) is 1.34. The number of benzene rings is 1. The quantitative estimate of drug-likeness (QED) is 0.385. The number of furan rings is 1. The zero-order chi connectivity index (χ0) is 22.4. The number of aryl methyl sites for hydroxylation is 1. The highest BCUT2D eigenvalue weighted by Crippen LogP contribution is 2.27. The van der Waals surface area contributed by atoms with Crippen molar-refractivity contribution in [3.05, 3.63) is 60.0 Å². The Bertz CT molecular complexity index is 1090. The van der Waals surface area contributed by atoms with E-state index in [2.05, 4.69) is 22.1 Å². The minimum Gasteiger partial charge on any atom is -0.469 e. The van der Waals surface area contributed by atoms with Crippen molar-refractivity contribution in [2.75, 3.05) is 24.7 Å². The molecule has 3 aromatic rings. The third kappa shape index (κ3) is 5.56. The van der Waals surface area contributed by atoms with Crippen molar-refractivity contribution >= 4 is 40.9 Å². The van der Waals surface area contributed by atoms with Crippen LogP contribution in [0.2, 0.25) is 5.02 Å². The third-order valence-corrected chi connectivity index (χ3v) is 5.69. The smallest absolute Gasteiger partial charge is 0.244 e. The summed E-state index contributed by atoms with van der Waals surface area (Å²) >= 11 is 7.30. The molecule has 0 unspecified atom stereocenters. The average Bonchev–Trinajstić information content (AvgIpc) is 3.33. The first-order valence-corrected chi connectivity index (χ1v) is 10.8. The van der Waals surface area contributed by atoms with Crippen LogP contribution >= 0.6 is 23.4 Å². The molecule has 0 aliphatic rings. The van der Waals surface area contributed by atoms with Gasteiger partial charge >= 0.3 is 0 Å². The summed E-state index contributed by atoms with van der Waals surface area (Å²) in [4.78, 5) is 26.1. The first-order chi connectivity index (χ1) is 14.9. The van der Waals surface area contributed by atoms with Gasteiger partial charge in [-0.15, -0.1) is 16.8 Å². The number of carbonyl (C=O) groups is 2. The molecular formula is C21H22ClN5O3S. The standard InChI is InChI=1S/C21H22ClN5O3S/c1-4-10-27-20(15-9-11-30-14(15)2)24-25-21(27)31-13-19(29)26(3)12-18(28)23-17-8-6-5-7-16(17)22/h4-9,11H,1,10,12-13H2,2-3H3,(H,23,28). The SMILES string of the molecule is C=CCn1c(SCC(=O)N(C)CC(=O)Nc2ccccc2Cl)nnc1-c1ccoc1C. The van der Waals surface area contributed by atoms with Crippen LogP contribution in [0.15, 0.2) is 58.8 Å². The van der Waals surface area contributed by atoms with E-state index in [-0.39, 0.29) is 24.1 Å². The van der Waals surface area contributed by atoms with Crippen LogP contribution in [0.3, 0.4) is 0 Å². The van der Waals surface area contributed by atoms with Crippen LogP contribution in [0.4, 0.5) is 5.69 Å². The van der Waals surface area contributed by atoms with Crippen molar-refractivity contribution < 1.29 is 14.0 Å². The number of thioether (sulfide) groups is 1. The number of hydrogen-bond acceptors (Lipinski definition) is 6. The van der Waals surface area contributed by atoms with E-state index in [1.165, 1.54) is 16.7 Å². The molecule has 0 atom stereocenters. The lowest BCUT2D eigenvalue weighted by Gasteiger charge is -2.17. The molecule has 0 saturated carbocycles. The summed E-state index contributed by atoms with van der Waals surface area (Å²) in [5, 5.41) is 12.2. The van der Waals surface area contributed by atoms with Crippen molar-refractivity contribution in [1.29, 1.82) is 0 Å². The van der Waals surface area contributed by atoms with Gasteiger partial charge in [0.2, 0.25) is 11.8 Å². The van der Waals surface area contributed by atoms with Crippen LogP contribution in [0.1, 0.15) is 5.76 Å². The lowest BCUT2D eigenvalue weighted by Crippen LogP contribution is -2.36. The number of aromatic nitrogens is 3. The maximum Gasteiger partial charge on any atom is 0.244 e. The Kier molecular flexibility index (Phi) is 7.54. The zero-order valence-electron chi connectivity index (χ0n) is 17.2. The summed E-state index contributed by atoms with van der Waals surface area (Å²) in [5.74, 6) is 0.938. The molecule has 10 heteroatoms. The molecule has 162 valence electrons. The Hall–Kier alpha value is -3.04. The van der Waals surface area contributed by atoms with Gasteiger partial charge in [-0.3, -0.25) is 14.2 Å². The maximum absolute atomic E-state index is 12.5. The minimum absolute atomic E-state index is 0.0938. The molecule has 1 aromatic carbocycles. The largest absolute Gasteiger partial charge is 0.469 e. The highest BCUT2D eigenvalue weighted by molar-refractivity contribution is 7.99. The molecule has 0 bridgehead atoms. The molecule has 0 aliphatic heterocycles. The Morgan fingerprint density at radius 3 is 2.77 bits per heavy atom. The van der Waals surface area contributed by atoms with E-state index in [9.17, 15) is 9.59 Å². The number of likely N-dealkylation sites (N-methyl/N-ethyl adjacent to an activating group) is 1. The summed E-state index contributed by atoms with van der Waals surface area (Å²) in [6.45, 7) is 6.02. The molecule has 2 aromatic heterocycles. The fourth-order valence-corrected chi connectivity index (χ4v) is 3.87. The number of hydrogen-bond donors (Lipinski definition) is 1. The summed E-state index contributed by atoms with van der Waals surface area (Å²) < 4.78 is 7.23. The van der Waals surface area contributed by atoms with Crippen LogP contribution in [-0.2, 0) is 16.1 Å². The normalized spacial score (nSPS) is 10.7. The summed E-state index contributed by atoms with van der Waals surface area (Å²) in [6.07, 6.45) is 3.33. The topological polar surface area (TPSA) is 93.3 Å². The molecule has 1 N–H and O–H groups in total. The maximum atomic E-state index is 12.5. The number of anilines is 1. The Morgan fingerprint density at radius 1 is 1.32 bits per heavy atom. The monoisotopic (exact) mass is 459 g/mol.